The Kier molecular flexibility index (Phi) is 3.63. The van der Waals surface area contributed by atoms with Crippen LogP contribution in [0.5, 0.6) is 0 Å². The van der Waals surface area contributed by atoms with Crippen LogP contribution in [-0.4, -0.2) is 16.7 Å². The molecular weight excluding hydrogens is 268 g/mol. The van der Waals surface area contributed by atoms with E-state index in [1.54, 1.807) is 11.3 Å². The van der Waals surface area contributed by atoms with E-state index in [0.717, 1.165) is 30.1 Å². The molecule has 2 aromatic rings. The highest BCUT2D eigenvalue weighted by molar-refractivity contribution is 7.11. The predicted molar refractivity (Wildman–Crippen MR) is 82.0 cm³/mol. The zero-order valence-corrected chi connectivity index (χ0v) is 12.8. The van der Waals surface area contributed by atoms with E-state index in [0.29, 0.717) is 0 Å². The third-order valence-corrected chi connectivity index (χ3v) is 5.28. The van der Waals surface area contributed by atoms with Gasteiger partial charge < -0.3 is 10.4 Å². The van der Waals surface area contributed by atoms with Gasteiger partial charge in [-0.3, -0.25) is 0 Å². The van der Waals surface area contributed by atoms with Crippen LogP contribution in [0.3, 0.4) is 0 Å². The minimum Gasteiger partial charge on any atom is -0.394 e. The summed E-state index contributed by atoms with van der Waals surface area (Å²) < 4.78 is 0. The summed E-state index contributed by atoms with van der Waals surface area (Å²) in [7, 11) is 0. The van der Waals surface area contributed by atoms with Crippen molar-refractivity contribution < 1.29 is 5.11 Å². The van der Waals surface area contributed by atoms with Crippen LogP contribution in [0.4, 0.5) is 0 Å². The fourth-order valence-electron chi connectivity index (χ4n) is 3.08. The summed E-state index contributed by atoms with van der Waals surface area (Å²) in [6.07, 6.45) is 1.99. The van der Waals surface area contributed by atoms with Gasteiger partial charge in [0.15, 0.2) is 0 Å². The molecule has 1 aliphatic rings. The second-order valence-electron chi connectivity index (χ2n) is 5.49. The van der Waals surface area contributed by atoms with Crippen LogP contribution in [0.1, 0.15) is 33.1 Å². The van der Waals surface area contributed by atoms with Gasteiger partial charge in [-0.15, -0.1) is 11.3 Å². The van der Waals surface area contributed by atoms with E-state index in [-0.39, 0.29) is 12.1 Å². The maximum Gasteiger partial charge on any atom is 0.0900 e. The minimum atomic E-state index is -0.291. The molecular formula is C16H20N2OS. The number of nitrogens with one attached hydrogen (secondary N) is 1. The van der Waals surface area contributed by atoms with Crippen LogP contribution in [0.2, 0.25) is 0 Å². The van der Waals surface area contributed by atoms with E-state index in [4.69, 9.17) is 0 Å². The number of aryl methyl sites for hydroxylation is 3. The number of rotatable bonds is 4. The number of thiazole rings is 1. The Bertz CT molecular complexity index is 623. The Labute approximate surface area is 123 Å². The van der Waals surface area contributed by atoms with Crippen molar-refractivity contribution >= 4 is 11.3 Å². The van der Waals surface area contributed by atoms with Crippen molar-refractivity contribution in [1.29, 1.82) is 0 Å². The Morgan fingerprint density at radius 1 is 1.35 bits per heavy atom. The van der Waals surface area contributed by atoms with Crippen molar-refractivity contribution in [3.05, 3.63) is 51.0 Å². The molecule has 20 heavy (non-hydrogen) atoms. The van der Waals surface area contributed by atoms with Crippen molar-refractivity contribution in [3.8, 4) is 0 Å². The predicted octanol–water partition coefficient (Wildman–Crippen LogP) is 2.68. The first-order valence-electron chi connectivity index (χ1n) is 7.02. The topological polar surface area (TPSA) is 45.2 Å². The second kappa shape index (κ2) is 5.28. The van der Waals surface area contributed by atoms with Crippen molar-refractivity contribution in [2.45, 2.75) is 38.8 Å². The summed E-state index contributed by atoms with van der Waals surface area (Å²) in [5.41, 5.74) is 3.41. The number of nitrogens with zero attached hydrogens (tertiary/aromatic N) is 1. The molecule has 0 saturated heterocycles. The van der Waals surface area contributed by atoms with Crippen LogP contribution in [0, 0.1) is 13.8 Å². The van der Waals surface area contributed by atoms with Crippen LogP contribution >= 0.6 is 11.3 Å². The third kappa shape index (κ3) is 2.28. The van der Waals surface area contributed by atoms with Crippen molar-refractivity contribution in [2.75, 3.05) is 6.61 Å². The van der Waals surface area contributed by atoms with Crippen molar-refractivity contribution in [3.63, 3.8) is 0 Å². The highest BCUT2D eigenvalue weighted by Gasteiger charge is 2.37. The van der Waals surface area contributed by atoms with E-state index in [1.165, 1.54) is 16.0 Å². The molecule has 0 saturated carbocycles. The zero-order valence-electron chi connectivity index (χ0n) is 11.9. The molecule has 106 valence electrons. The van der Waals surface area contributed by atoms with E-state index < -0.39 is 0 Å². The van der Waals surface area contributed by atoms with Gasteiger partial charge in [0.05, 0.1) is 22.8 Å². The molecule has 1 atom stereocenters. The van der Waals surface area contributed by atoms with Crippen molar-refractivity contribution in [1.82, 2.24) is 10.3 Å². The molecule has 0 fully saturated rings. The Morgan fingerprint density at radius 2 is 2.15 bits per heavy atom. The lowest BCUT2D eigenvalue weighted by molar-refractivity contribution is 0.159. The number of aromatic nitrogens is 1. The largest absolute Gasteiger partial charge is 0.394 e. The van der Waals surface area contributed by atoms with Gasteiger partial charge in [0.25, 0.3) is 0 Å². The van der Waals surface area contributed by atoms with Crippen LogP contribution in [0.25, 0.3) is 0 Å². The quantitative estimate of drug-likeness (QED) is 0.909. The SMILES string of the molecule is Cc1nc(C)c(CNC2(CO)CCc3ccccc32)s1. The average molecular weight is 288 g/mol. The monoisotopic (exact) mass is 288 g/mol. The Balaban J connectivity index is 1.83. The maximum atomic E-state index is 9.94. The summed E-state index contributed by atoms with van der Waals surface area (Å²) >= 11 is 1.73. The van der Waals surface area contributed by atoms with Crippen LogP contribution in [-0.2, 0) is 18.5 Å². The van der Waals surface area contributed by atoms with Crippen LogP contribution in [0.15, 0.2) is 24.3 Å². The molecule has 0 spiro atoms. The third-order valence-electron chi connectivity index (χ3n) is 4.21. The van der Waals surface area contributed by atoms with Crippen molar-refractivity contribution in [2.24, 2.45) is 0 Å². The molecule has 3 nitrogen and oxygen atoms in total. The number of aliphatic hydroxyl groups excluding tert-OH is 1. The Hall–Kier alpha value is -1.23. The Morgan fingerprint density at radius 3 is 2.85 bits per heavy atom. The van der Waals surface area contributed by atoms with Gasteiger partial charge in [0.2, 0.25) is 0 Å². The summed E-state index contributed by atoms with van der Waals surface area (Å²) in [5, 5.41) is 14.6. The van der Waals surface area contributed by atoms with Gasteiger partial charge in [0, 0.05) is 11.4 Å². The van der Waals surface area contributed by atoms with Crippen LogP contribution < -0.4 is 5.32 Å². The normalized spacial score (nSPS) is 21.1. The van der Waals surface area contributed by atoms with E-state index >= 15 is 0 Å². The summed E-state index contributed by atoms with van der Waals surface area (Å²) in [6.45, 7) is 5.00. The summed E-state index contributed by atoms with van der Waals surface area (Å²) in [5.74, 6) is 0. The molecule has 3 rings (SSSR count). The molecule has 1 unspecified atom stereocenters. The fraction of sp³-hybridized carbons (Fsp3) is 0.438. The maximum absolute atomic E-state index is 9.94. The second-order valence-corrected chi connectivity index (χ2v) is 6.78. The molecule has 0 bridgehead atoms. The molecule has 1 aromatic heterocycles. The lowest BCUT2D eigenvalue weighted by atomic mass is 9.92. The molecule has 0 amide bonds. The fourth-order valence-corrected chi connectivity index (χ4v) is 3.96. The molecule has 0 aliphatic heterocycles. The van der Waals surface area contributed by atoms with Gasteiger partial charge in [-0.2, -0.15) is 0 Å². The first-order chi connectivity index (χ1) is 9.64. The lowest BCUT2D eigenvalue weighted by Gasteiger charge is -2.29. The zero-order chi connectivity index (χ0) is 14.2. The lowest BCUT2D eigenvalue weighted by Crippen LogP contribution is -2.43. The number of fused-ring (bicyclic) bond motifs is 1. The first-order valence-corrected chi connectivity index (χ1v) is 7.83. The first kappa shape index (κ1) is 13.7. The molecule has 1 heterocycles. The molecule has 1 aliphatic carbocycles. The highest BCUT2D eigenvalue weighted by Crippen LogP contribution is 2.37. The number of hydrogen-bond acceptors (Lipinski definition) is 4. The van der Waals surface area contributed by atoms with E-state index in [1.807, 2.05) is 6.92 Å². The standard InChI is InChI=1S/C16H20N2OS/c1-11-15(20-12(2)18-11)9-17-16(10-19)8-7-13-5-3-4-6-14(13)16/h3-6,17,19H,7-10H2,1-2H3. The minimum absolute atomic E-state index is 0.140. The van der Waals surface area contributed by atoms with Gasteiger partial charge in [0.1, 0.15) is 0 Å². The summed E-state index contributed by atoms with van der Waals surface area (Å²) in [4.78, 5) is 5.73. The van der Waals surface area contributed by atoms with Gasteiger partial charge in [-0.05, 0) is 37.8 Å². The van der Waals surface area contributed by atoms with Gasteiger partial charge in [-0.25, -0.2) is 4.98 Å². The highest BCUT2D eigenvalue weighted by atomic mass is 32.1. The molecule has 4 heteroatoms. The molecule has 2 N–H and O–H groups in total. The number of aliphatic hydroxyl groups is 1. The molecule has 0 radical (unpaired) electrons. The summed E-state index contributed by atoms with van der Waals surface area (Å²) in [6, 6.07) is 8.42. The number of hydrogen-bond donors (Lipinski definition) is 2. The van der Waals surface area contributed by atoms with Gasteiger partial charge in [-0.1, -0.05) is 24.3 Å². The van der Waals surface area contributed by atoms with Gasteiger partial charge >= 0.3 is 0 Å². The molecule has 1 aromatic carbocycles. The average Bonchev–Trinajstić information content (AvgIpc) is 2.98. The number of benzene rings is 1. The van der Waals surface area contributed by atoms with E-state index in [2.05, 4.69) is 41.5 Å². The smallest absolute Gasteiger partial charge is 0.0900 e. The van der Waals surface area contributed by atoms with E-state index in [9.17, 15) is 5.11 Å².